The SMILES string of the molecule is C[C@@H]1C2=C(CC[C@@H]2CN(CCO)S(=O)(=O)c2ccccc2C(=O)O)Cc2c1cnn2-c1ccc(F)cc1. The summed E-state index contributed by atoms with van der Waals surface area (Å²) in [6.07, 6.45) is 4.09. The van der Waals surface area contributed by atoms with Gasteiger partial charge in [0, 0.05) is 31.0 Å². The van der Waals surface area contributed by atoms with E-state index in [1.54, 1.807) is 12.1 Å². The highest BCUT2D eigenvalue weighted by molar-refractivity contribution is 7.89. The average molecular weight is 526 g/mol. The van der Waals surface area contributed by atoms with Gasteiger partial charge in [-0.2, -0.15) is 9.40 Å². The number of aromatic nitrogens is 2. The van der Waals surface area contributed by atoms with Crippen LogP contribution in [0.15, 0.2) is 70.8 Å². The average Bonchev–Trinajstić information content (AvgIpc) is 3.49. The molecule has 2 atom stereocenters. The van der Waals surface area contributed by atoms with E-state index in [1.807, 2.05) is 10.9 Å². The first-order chi connectivity index (χ1) is 17.7. The molecule has 0 unspecified atom stereocenters. The Balaban J connectivity index is 1.44. The highest BCUT2D eigenvalue weighted by Crippen LogP contribution is 2.47. The van der Waals surface area contributed by atoms with Crippen LogP contribution >= 0.6 is 0 Å². The lowest BCUT2D eigenvalue weighted by molar-refractivity contribution is 0.0692. The summed E-state index contributed by atoms with van der Waals surface area (Å²) < 4.78 is 43.6. The Hall–Kier alpha value is -3.34. The summed E-state index contributed by atoms with van der Waals surface area (Å²) in [7, 11) is -4.15. The normalized spacial score (nSPS) is 19.2. The zero-order valence-corrected chi connectivity index (χ0v) is 21.2. The number of halogens is 1. The van der Waals surface area contributed by atoms with Gasteiger partial charge in [0.15, 0.2) is 0 Å². The molecule has 0 spiro atoms. The number of nitrogens with zero attached hydrogens (tertiary/aromatic N) is 3. The number of hydrogen-bond acceptors (Lipinski definition) is 5. The molecule has 0 bridgehead atoms. The van der Waals surface area contributed by atoms with E-state index in [1.165, 1.54) is 51.8 Å². The van der Waals surface area contributed by atoms with Gasteiger partial charge in [0.1, 0.15) is 5.82 Å². The zero-order chi connectivity index (χ0) is 26.3. The third-order valence-corrected chi connectivity index (χ3v) is 9.36. The van der Waals surface area contributed by atoms with E-state index >= 15 is 0 Å². The van der Waals surface area contributed by atoms with E-state index in [-0.39, 0.29) is 47.8 Å². The van der Waals surface area contributed by atoms with Crippen LogP contribution in [0.5, 0.6) is 0 Å². The molecule has 1 heterocycles. The minimum absolute atomic E-state index is 0.0189. The number of aliphatic hydroxyl groups excluding tert-OH is 1. The van der Waals surface area contributed by atoms with Crippen LogP contribution in [0.25, 0.3) is 5.69 Å². The fourth-order valence-electron chi connectivity index (χ4n) is 5.75. The number of carboxylic acid groups (broad SMARTS) is 1. The van der Waals surface area contributed by atoms with Crippen molar-refractivity contribution in [2.24, 2.45) is 5.92 Å². The van der Waals surface area contributed by atoms with Gasteiger partial charge in [0.05, 0.1) is 34.6 Å². The van der Waals surface area contributed by atoms with Crippen LogP contribution < -0.4 is 0 Å². The summed E-state index contributed by atoms with van der Waals surface area (Å²) >= 11 is 0. The molecule has 8 nitrogen and oxygen atoms in total. The number of rotatable bonds is 8. The zero-order valence-electron chi connectivity index (χ0n) is 20.3. The molecular formula is C27H28FN3O5S. The van der Waals surface area contributed by atoms with Crippen LogP contribution in [-0.2, 0) is 16.4 Å². The number of carboxylic acids is 1. The summed E-state index contributed by atoms with van der Waals surface area (Å²) in [5.41, 5.74) is 5.04. The molecule has 0 saturated heterocycles. The first-order valence-corrected chi connectivity index (χ1v) is 13.6. The first-order valence-electron chi connectivity index (χ1n) is 12.2. The van der Waals surface area contributed by atoms with Crippen molar-refractivity contribution in [3.05, 3.63) is 88.5 Å². The molecule has 2 aliphatic rings. The maximum atomic E-state index is 13.6. The van der Waals surface area contributed by atoms with Gasteiger partial charge in [-0.25, -0.2) is 22.3 Å². The maximum Gasteiger partial charge on any atom is 0.337 e. The fraction of sp³-hybridized carbons (Fsp3) is 0.333. The third kappa shape index (κ3) is 4.49. The standard InChI is InChI=1S/C27H28FN3O5S/c1-17-23-15-29-31(21-10-8-20(28)9-11-21)24(23)14-18-6-7-19(26(17)18)16-30(12-13-32)37(35,36)25-5-3-2-4-22(25)27(33)34/h2-5,8-11,15,17,19,32H,6-7,12-14,16H2,1H3,(H,33,34)/t17-,19+/m0/s1. The van der Waals surface area contributed by atoms with E-state index in [4.69, 9.17) is 0 Å². The van der Waals surface area contributed by atoms with Crippen LogP contribution in [0.4, 0.5) is 4.39 Å². The second-order valence-electron chi connectivity index (χ2n) is 9.52. The smallest absolute Gasteiger partial charge is 0.337 e. The van der Waals surface area contributed by atoms with Gasteiger partial charge < -0.3 is 10.2 Å². The lowest BCUT2D eigenvalue weighted by Crippen LogP contribution is -2.38. The molecule has 10 heteroatoms. The van der Waals surface area contributed by atoms with Crippen molar-refractivity contribution in [3.63, 3.8) is 0 Å². The van der Waals surface area contributed by atoms with Gasteiger partial charge in [-0.15, -0.1) is 0 Å². The van der Waals surface area contributed by atoms with E-state index in [0.717, 1.165) is 29.8 Å². The molecule has 0 fully saturated rings. The van der Waals surface area contributed by atoms with Gasteiger partial charge >= 0.3 is 5.97 Å². The van der Waals surface area contributed by atoms with Crippen molar-refractivity contribution in [3.8, 4) is 5.69 Å². The van der Waals surface area contributed by atoms with Crippen molar-refractivity contribution in [1.82, 2.24) is 14.1 Å². The number of fused-ring (bicyclic) bond motifs is 1. The summed E-state index contributed by atoms with van der Waals surface area (Å²) in [4.78, 5) is 11.4. The summed E-state index contributed by atoms with van der Waals surface area (Å²) in [6, 6.07) is 11.8. The van der Waals surface area contributed by atoms with Gasteiger partial charge in [0.25, 0.3) is 0 Å². The summed E-state index contributed by atoms with van der Waals surface area (Å²) in [6.45, 7) is 1.74. The molecule has 2 N–H and O–H groups in total. The molecule has 0 aliphatic heterocycles. The minimum Gasteiger partial charge on any atom is -0.478 e. The molecule has 2 aromatic carbocycles. The predicted molar refractivity (Wildman–Crippen MR) is 135 cm³/mol. The lowest BCUT2D eigenvalue weighted by Gasteiger charge is -2.30. The maximum absolute atomic E-state index is 13.6. The quantitative estimate of drug-likeness (QED) is 0.433. The molecular weight excluding hydrogens is 497 g/mol. The lowest BCUT2D eigenvalue weighted by atomic mass is 9.80. The molecule has 0 amide bonds. The van der Waals surface area contributed by atoms with Crippen molar-refractivity contribution in [1.29, 1.82) is 0 Å². The number of sulfonamides is 1. The minimum atomic E-state index is -4.15. The number of carbonyl (C=O) groups is 1. The second-order valence-corrected chi connectivity index (χ2v) is 11.4. The Bertz CT molecular complexity index is 1480. The summed E-state index contributed by atoms with van der Waals surface area (Å²) in [5, 5.41) is 23.8. The number of allylic oxidation sites excluding steroid dienone is 1. The predicted octanol–water partition coefficient (Wildman–Crippen LogP) is 3.76. The number of aliphatic hydroxyl groups is 1. The van der Waals surface area contributed by atoms with Crippen molar-refractivity contribution < 1.29 is 27.8 Å². The van der Waals surface area contributed by atoms with Crippen LogP contribution in [0, 0.1) is 11.7 Å². The van der Waals surface area contributed by atoms with E-state index in [2.05, 4.69) is 12.0 Å². The summed E-state index contributed by atoms with van der Waals surface area (Å²) in [5.74, 6) is -1.67. The van der Waals surface area contributed by atoms with Gasteiger partial charge in [-0.3, -0.25) is 0 Å². The van der Waals surface area contributed by atoms with Gasteiger partial charge in [-0.1, -0.05) is 30.2 Å². The Morgan fingerprint density at radius 1 is 1.19 bits per heavy atom. The highest BCUT2D eigenvalue weighted by Gasteiger charge is 2.39. The molecule has 2 aliphatic carbocycles. The van der Waals surface area contributed by atoms with Gasteiger partial charge in [-0.05, 0) is 55.2 Å². The Morgan fingerprint density at radius 2 is 1.92 bits per heavy atom. The van der Waals surface area contributed by atoms with Gasteiger partial charge in [0.2, 0.25) is 10.0 Å². The van der Waals surface area contributed by atoms with E-state index < -0.39 is 16.0 Å². The van der Waals surface area contributed by atoms with Crippen molar-refractivity contribution in [2.75, 3.05) is 19.7 Å². The van der Waals surface area contributed by atoms with E-state index in [0.29, 0.717) is 6.42 Å². The number of hydrogen-bond donors (Lipinski definition) is 2. The molecule has 1 aromatic heterocycles. The topological polar surface area (TPSA) is 113 Å². The van der Waals surface area contributed by atoms with Crippen molar-refractivity contribution in [2.45, 2.75) is 37.0 Å². The van der Waals surface area contributed by atoms with E-state index in [9.17, 15) is 27.8 Å². The van der Waals surface area contributed by atoms with Crippen molar-refractivity contribution >= 4 is 16.0 Å². The Kier molecular flexibility index (Phi) is 6.74. The monoisotopic (exact) mass is 525 g/mol. The number of benzene rings is 2. The highest BCUT2D eigenvalue weighted by atomic mass is 32.2. The Morgan fingerprint density at radius 3 is 2.62 bits per heavy atom. The number of aromatic carboxylic acids is 1. The second kappa shape index (κ2) is 9.85. The van der Waals surface area contributed by atoms with Crippen LogP contribution in [0.1, 0.15) is 47.3 Å². The molecule has 3 aromatic rings. The third-order valence-electron chi connectivity index (χ3n) is 7.44. The molecule has 194 valence electrons. The van der Waals surface area contributed by atoms with Crippen LogP contribution in [-0.4, -0.2) is 58.4 Å². The molecule has 37 heavy (non-hydrogen) atoms. The largest absolute Gasteiger partial charge is 0.478 e. The Labute approximate surface area is 214 Å². The fourth-order valence-corrected chi connectivity index (χ4v) is 7.41. The molecule has 0 radical (unpaired) electrons. The molecule has 0 saturated carbocycles. The first kappa shape index (κ1) is 25.3. The van der Waals surface area contributed by atoms with Crippen LogP contribution in [0.3, 0.4) is 0 Å². The van der Waals surface area contributed by atoms with Crippen LogP contribution in [0.2, 0.25) is 0 Å². The molecule has 5 rings (SSSR count).